The summed E-state index contributed by atoms with van der Waals surface area (Å²) in [5, 5.41) is 24.0. The van der Waals surface area contributed by atoms with Gasteiger partial charge in [0.25, 0.3) is 0 Å². The minimum atomic E-state index is -0.781. The molecule has 0 aliphatic rings. The molecule has 6 heteroatoms. The quantitative estimate of drug-likeness (QED) is 0.545. The maximum atomic E-state index is 9.21. The molecule has 0 saturated heterocycles. The Labute approximate surface area is 94.7 Å². The predicted octanol–water partition coefficient (Wildman–Crippen LogP) is -0.0181. The van der Waals surface area contributed by atoms with E-state index >= 15 is 0 Å². The fourth-order valence-corrected chi connectivity index (χ4v) is 1.25. The third kappa shape index (κ3) is 3.32. The SMILES string of the molecule is CCNc1ncnc(NCC(O)CO)c1C. The third-order valence-corrected chi connectivity index (χ3v) is 2.14. The van der Waals surface area contributed by atoms with E-state index in [1.165, 1.54) is 6.33 Å². The van der Waals surface area contributed by atoms with E-state index < -0.39 is 6.10 Å². The van der Waals surface area contributed by atoms with Gasteiger partial charge >= 0.3 is 0 Å². The Bertz CT molecular complexity index is 333. The molecule has 1 aromatic heterocycles. The van der Waals surface area contributed by atoms with Crippen LogP contribution >= 0.6 is 0 Å². The summed E-state index contributed by atoms with van der Waals surface area (Å²) < 4.78 is 0. The number of aromatic nitrogens is 2. The molecule has 1 aromatic rings. The van der Waals surface area contributed by atoms with Crippen LogP contribution in [0.3, 0.4) is 0 Å². The van der Waals surface area contributed by atoms with Crippen LogP contribution in [0.1, 0.15) is 12.5 Å². The van der Waals surface area contributed by atoms with Gasteiger partial charge in [-0.05, 0) is 13.8 Å². The van der Waals surface area contributed by atoms with Crippen molar-refractivity contribution in [3.05, 3.63) is 11.9 Å². The van der Waals surface area contributed by atoms with Crippen molar-refractivity contribution in [2.75, 3.05) is 30.3 Å². The highest BCUT2D eigenvalue weighted by Crippen LogP contribution is 2.17. The fraction of sp³-hybridized carbons (Fsp3) is 0.600. The Morgan fingerprint density at radius 1 is 1.31 bits per heavy atom. The lowest BCUT2D eigenvalue weighted by Gasteiger charge is -2.13. The second kappa shape index (κ2) is 6.24. The fourth-order valence-electron chi connectivity index (χ4n) is 1.25. The van der Waals surface area contributed by atoms with Gasteiger partial charge < -0.3 is 20.8 Å². The molecular weight excluding hydrogens is 208 g/mol. The average molecular weight is 226 g/mol. The Morgan fingerprint density at radius 2 is 1.94 bits per heavy atom. The molecule has 0 aromatic carbocycles. The van der Waals surface area contributed by atoms with Crippen LogP contribution in [0.4, 0.5) is 11.6 Å². The van der Waals surface area contributed by atoms with E-state index in [-0.39, 0.29) is 13.2 Å². The number of hydrogen-bond acceptors (Lipinski definition) is 6. The van der Waals surface area contributed by atoms with Crippen molar-refractivity contribution in [3.8, 4) is 0 Å². The number of rotatable bonds is 6. The summed E-state index contributed by atoms with van der Waals surface area (Å²) in [4.78, 5) is 8.17. The van der Waals surface area contributed by atoms with Gasteiger partial charge in [0.2, 0.25) is 0 Å². The summed E-state index contributed by atoms with van der Waals surface area (Å²) >= 11 is 0. The standard InChI is InChI=1S/C10H18N4O2/c1-3-11-9-7(2)10(14-6-13-9)12-4-8(16)5-15/h6,8,15-16H,3-5H2,1-2H3,(H2,11,12,13,14). The van der Waals surface area contributed by atoms with E-state index in [2.05, 4.69) is 20.6 Å². The van der Waals surface area contributed by atoms with Gasteiger partial charge in [-0.15, -0.1) is 0 Å². The highest BCUT2D eigenvalue weighted by Gasteiger charge is 2.07. The molecule has 6 nitrogen and oxygen atoms in total. The molecule has 16 heavy (non-hydrogen) atoms. The molecule has 1 atom stereocenters. The molecule has 0 aliphatic heterocycles. The zero-order chi connectivity index (χ0) is 12.0. The summed E-state index contributed by atoms with van der Waals surface area (Å²) in [7, 11) is 0. The summed E-state index contributed by atoms with van der Waals surface area (Å²) in [5.41, 5.74) is 0.898. The smallest absolute Gasteiger partial charge is 0.134 e. The van der Waals surface area contributed by atoms with Crippen molar-refractivity contribution in [2.24, 2.45) is 0 Å². The first-order chi connectivity index (χ1) is 7.69. The summed E-state index contributed by atoms with van der Waals surface area (Å²) in [6.45, 7) is 4.67. The second-order valence-electron chi connectivity index (χ2n) is 3.44. The number of hydrogen-bond donors (Lipinski definition) is 4. The lowest BCUT2D eigenvalue weighted by Crippen LogP contribution is -2.24. The maximum absolute atomic E-state index is 9.21. The Hall–Kier alpha value is -1.40. The van der Waals surface area contributed by atoms with Crippen molar-refractivity contribution in [3.63, 3.8) is 0 Å². The molecule has 0 bridgehead atoms. The van der Waals surface area contributed by atoms with Crippen molar-refractivity contribution < 1.29 is 10.2 Å². The van der Waals surface area contributed by atoms with Crippen molar-refractivity contribution in [1.29, 1.82) is 0 Å². The largest absolute Gasteiger partial charge is 0.394 e. The lowest BCUT2D eigenvalue weighted by atomic mass is 10.3. The van der Waals surface area contributed by atoms with Crippen LogP contribution in [0, 0.1) is 6.92 Å². The molecule has 1 unspecified atom stereocenters. The average Bonchev–Trinajstić information content (AvgIpc) is 2.30. The van der Waals surface area contributed by atoms with Crippen LogP contribution in [0.2, 0.25) is 0 Å². The third-order valence-electron chi connectivity index (χ3n) is 2.14. The zero-order valence-electron chi connectivity index (χ0n) is 9.56. The van der Waals surface area contributed by atoms with Gasteiger partial charge in [-0.3, -0.25) is 0 Å². The van der Waals surface area contributed by atoms with Crippen LogP contribution in [0.5, 0.6) is 0 Å². The Kier molecular flexibility index (Phi) is 4.94. The topological polar surface area (TPSA) is 90.3 Å². The van der Waals surface area contributed by atoms with E-state index in [0.717, 1.165) is 17.9 Å². The molecule has 1 rings (SSSR count). The van der Waals surface area contributed by atoms with Gasteiger partial charge in [0.15, 0.2) is 0 Å². The van der Waals surface area contributed by atoms with E-state index in [4.69, 9.17) is 5.11 Å². The number of anilines is 2. The molecule has 0 fully saturated rings. The minimum absolute atomic E-state index is 0.264. The van der Waals surface area contributed by atoms with E-state index in [0.29, 0.717) is 5.82 Å². The molecule has 90 valence electrons. The van der Waals surface area contributed by atoms with Crippen LogP contribution in [-0.2, 0) is 0 Å². The van der Waals surface area contributed by atoms with Gasteiger partial charge in [-0.2, -0.15) is 0 Å². The Morgan fingerprint density at radius 3 is 2.50 bits per heavy atom. The molecule has 1 heterocycles. The molecule has 0 aliphatic carbocycles. The van der Waals surface area contributed by atoms with Gasteiger partial charge in [0.1, 0.15) is 18.0 Å². The molecule has 4 N–H and O–H groups in total. The number of aliphatic hydroxyl groups excluding tert-OH is 2. The van der Waals surface area contributed by atoms with Crippen molar-refractivity contribution >= 4 is 11.6 Å². The van der Waals surface area contributed by atoms with E-state index in [9.17, 15) is 5.11 Å². The summed E-state index contributed by atoms with van der Waals surface area (Å²) in [6.07, 6.45) is 0.676. The second-order valence-corrected chi connectivity index (χ2v) is 3.44. The Balaban J connectivity index is 2.69. The van der Waals surface area contributed by atoms with Gasteiger partial charge in [0.05, 0.1) is 12.7 Å². The number of aliphatic hydroxyl groups is 2. The number of nitrogens with zero attached hydrogens (tertiary/aromatic N) is 2. The number of nitrogens with one attached hydrogen (secondary N) is 2. The van der Waals surface area contributed by atoms with Crippen LogP contribution in [-0.4, -0.2) is 46.0 Å². The van der Waals surface area contributed by atoms with Gasteiger partial charge in [0, 0.05) is 18.7 Å². The molecule has 0 saturated carbocycles. The molecule has 0 spiro atoms. The maximum Gasteiger partial charge on any atom is 0.134 e. The van der Waals surface area contributed by atoms with Crippen LogP contribution in [0.15, 0.2) is 6.33 Å². The summed E-state index contributed by atoms with van der Waals surface area (Å²) in [6, 6.07) is 0. The van der Waals surface area contributed by atoms with Gasteiger partial charge in [-0.1, -0.05) is 0 Å². The minimum Gasteiger partial charge on any atom is -0.394 e. The first-order valence-corrected chi connectivity index (χ1v) is 5.27. The first kappa shape index (κ1) is 12.7. The normalized spacial score (nSPS) is 12.2. The van der Waals surface area contributed by atoms with Crippen molar-refractivity contribution in [1.82, 2.24) is 9.97 Å². The van der Waals surface area contributed by atoms with Crippen molar-refractivity contribution in [2.45, 2.75) is 20.0 Å². The van der Waals surface area contributed by atoms with Crippen LogP contribution in [0.25, 0.3) is 0 Å². The summed E-state index contributed by atoms with van der Waals surface area (Å²) in [5.74, 6) is 1.44. The molecule has 0 amide bonds. The monoisotopic (exact) mass is 226 g/mol. The van der Waals surface area contributed by atoms with Gasteiger partial charge in [-0.25, -0.2) is 9.97 Å². The molecule has 0 radical (unpaired) electrons. The highest BCUT2D eigenvalue weighted by atomic mass is 16.3. The first-order valence-electron chi connectivity index (χ1n) is 5.27. The predicted molar refractivity (Wildman–Crippen MR) is 62.5 cm³/mol. The highest BCUT2D eigenvalue weighted by molar-refractivity contribution is 5.56. The zero-order valence-corrected chi connectivity index (χ0v) is 9.56. The van der Waals surface area contributed by atoms with Crippen LogP contribution < -0.4 is 10.6 Å². The van der Waals surface area contributed by atoms with E-state index in [1.807, 2.05) is 13.8 Å². The lowest BCUT2D eigenvalue weighted by molar-refractivity contribution is 0.105. The molecular formula is C10H18N4O2. The van der Waals surface area contributed by atoms with E-state index in [1.54, 1.807) is 0 Å².